The van der Waals surface area contributed by atoms with Crippen LogP contribution in [0.1, 0.15) is 50.4 Å². The van der Waals surface area contributed by atoms with Crippen LogP contribution in [0.15, 0.2) is 24.3 Å². The van der Waals surface area contributed by atoms with Crippen molar-refractivity contribution in [2.75, 3.05) is 5.32 Å². The molecule has 0 aromatic heterocycles. The SMILES string of the molecule is CC1CCC(C(C)C)C(Nc2ccccc2C(=O)O)C1. The molecule has 1 aliphatic rings. The van der Waals surface area contributed by atoms with E-state index in [1.54, 1.807) is 12.1 Å². The number of rotatable bonds is 4. The zero-order valence-corrected chi connectivity index (χ0v) is 12.6. The van der Waals surface area contributed by atoms with Gasteiger partial charge in [-0.15, -0.1) is 0 Å². The maximum atomic E-state index is 11.3. The molecule has 0 aliphatic heterocycles. The topological polar surface area (TPSA) is 49.3 Å². The first kappa shape index (κ1) is 14.9. The molecule has 110 valence electrons. The van der Waals surface area contributed by atoms with Gasteiger partial charge in [-0.05, 0) is 42.7 Å². The summed E-state index contributed by atoms with van der Waals surface area (Å²) < 4.78 is 0. The van der Waals surface area contributed by atoms with Crippen molar-refractivity contribution in [3.05, 3.63) is 29.8 Å². The summed E-state index contributed by atoms with van der Waals surface area (Å²) in [5, 5.41) is 12.8. The Labute approximate surface area is 121 Å². The quantitative estimate of drug-likeness (QED) is 0.863. The highest BCUT2D eigenvalue weighted by molar-refractivity contribution is 5.94. The summed E-state index contributed by atoms with van der Waals surface area (Å²) in [7, 11) is 0. The molecule has 1 saturated carbocycles. The van der Waals surface area contributed by atoms with Crippen LogP contribution in [0.25, 0.3) is 0 Å². The van der Waals surface area contributed by atoms with Gasteiger partial charge in [-0.1, -0.05) is 39.3 Å². The molecule has 0 spiro atoms. The molecule has 1 aromatic carbocycles. The molecule has 3 atom stereocenters. The van der Waals surface area contributed by atoms with Crippen LogP contribution in [0.3, 0.4) is 0 Å². The Morgan fingerprint density at radius 1 is 1.30 bits per heavy atom. The van der Waals surface area contributed by atoms with E-state index in [0.29, 0.717) is 29.4 Å². The molecule has 1 fully saturated rings. The fourth-order valence-corrected chi connectivity index (χ4v) is 3.36. The Morgan fingerprint density at radius 2 is 2.00 bits per heavy atom. The van der Waals surface area contributed by atoms with Gasteiger partial charge in [0, 0.05) is 11.7 Å². The van der Waals surface area contributed by atoms with Gasteiger partial charge in [0.2, 0.25) is 0 Å². The van der Waals surface area contributed by atoms with E-state index in [1.165, 1.54) is 12.8 Å². The predicted molar refractivity (Wildman–Crippen MR) is 82.2 cm³/mol. The molecule has 0 heterocycles. The van der Waals surface area contributed by atoms with Crippen LogP contribution in [-0.4, -0.2) is 17.1 Å². The van der Waals surface area contributed by atoms with Gasteiger partial charge in [0.15, 0.2) is 0 Å². The second-order valence-corrected chi connectivity index (χ2v) is 6.43. The molecular formula is C17H25NO2. The highest BCUT2D eigenvalue weighted by Gasteiger charge is 2.31. The van der Waals surface area contributed by atoms with E-state index in [-0.39, 0.29) is 0 Å². The van der Waals surface area contributed by atoms with Crippen LogP contribution < -0.4 is 5.32 Å². The largest absolute Gasteiger partial charge is 0.478 e. The number of hydrogen-bond donors (Lipinski definition) is 2. The molecule has 3 nitrogen and oxygen atoms in total. The van der Waals surface area contributed by atoms with Gasteiger partial charge < -0.3 is 10.4 Å². The standard InChI is InChI=1S/C17H25NO2/c1-11(2)13-9-8-12(3)10-16(13)18-15-7-5-4-6-14(15)17(19)20/h4-7,11-13,16,18H,8-10H2,1-3H3,(H,19,20). The van der Waals surface area contributed by atoms with E-state index < -0.39 is 5.97 Å². The van der Waals surface area contributed by atoms with Crippen LogP contribution in [0.4, 0.5) is 5.69 Å². The van der Waals surface area contributed by atoms with Crippen molar-refractivity contribution in [1.29, 1.82) is 0 Å². The smallest absolute Gasteiger partial charge is 0.337 e. The molecule has 0 bridgehead atoms. The van der Waals surface area contributed by atoms with Gasteiger partial charge in [-0.25, -0.2) is 4.79 Å². The Balaban J connectivity index is 2.20. The summed E-state index contributed by atoms with van der Waals surface area (Å²) in [5.74, 6) is 1.09. The first-order chi connectivity index (χ1) is 9.49. The predicted octanol–water partition coefficient (Wildman–Crippen LogP) is 4.26. The third-order valence-electron chi connectivity index (χ3n) is 4.52. The second-order valence-electron chi connectivity index (χ2n) is 6.43. The van der Waals surface area contributed by atoms with E-state index in [9.17, 15) is 9.90 Å². The summed E-state index contributed by atoms with van der Waals surface area (Å²) in [6.07, 6.45) is 3.63. The Morgan fingerprint density at radius 3 is 2.65 bits per heavy atom. The Kier molecular flexibility index (Phi) is 4.69. The van der Waals surface area contributed by atoms with Gasteiger partial charge >= 0.3 is 5.97 Å². The maximum absolute atomic E-state index is 11.3. The number of carboxylic acid groups (broad SMARTS) is 1. The summed E-state index contributed by atoms with van der Waals surface area (Å²) in [6, 6.07) is 7.59. The number of benzene rings is 1. The van der Waals surface area contributed by atoms with Crippen molar-refractivity contribution in [3.8, 4) is 0 Å². The number of nitrogens with one attached hydrogen (secondary N) is 1. The third-order valence-corrected chi connectivity index (χ3v) is 4.52. The number of hydrogen-bond acceptors (Lipinski definition) is 2. The lowest BCUT2D eigenvalue weighted by Gasteiger charge is -2.38. The van der Waals surface area contributed by atoms with Crippen molar-refractivity contribution in [1.82, 2.24) is 0 Å². The summed E-state index contributed by atoms with van der Waals surface area (Å²) in [4.78, 5) is 11.3. The van der Waals surface area contributed by atoms with Crippen LogP contribution >= 0.6 is 0 Å². The van der Waals surface area contributed by atoms with E-state index in [0.717, 1.165) is 12.1 Å². The summed E-state index contributed by atoms with van der Waals surface area (Å²) in [5.41, 5.74) is 1.12. The first-order valence-corrected chi connectivity index (χ1v) is 7.58. The van der Waals surface area contributed by atoms with Crippen molar-refractivity contribution in [2.45, 2.75) is 46.1 Å². The average molecular weight is 275 g/mol. The molecule has 2 rings (SSSR count). The first-order valence-electron chi connectivity index (χ1n) is 7.58. The Bertz CT molecular complexity index is 470. The lowest BCUT2D eigenvalue weighted by molar-refractivity contribution is 0.0697. The number of carbonyl (C=O) groups is 1. The van der Waals surface area contributed by atoms with Gasteiger partial charge in [-0.3, -0.25) is 0 Å². The molecule has 0 radical (unpaired) electrons. The third kappa shape index (κ3) is 3.33. The van der Waals surface area contributed by atoms with E-state index in [2.05, 4.69) is 26.1 Å². The summed E-state index contributed by atoms with van der Waals surface area (Å²) in [6.45, 7) is 6.81. The van der Waals surface area contributed by atoms with E-state index >= 15 is 0 Å². The van der Waals surface area contributed by atoms with Crippen molar-refractivity contribution in [2.24, 2.45) is 17.8 Å². The number of para-hydroxylation sites is 1. The second kappa shape index (κ2) is 6.29. The fourth-order valence-electron chi connectivity index (χ4n) is 3.36. The molecule has 3 heteroatoms. The molecule has 2 N–H and O–H groups in total. The molecule has 1 aromatic rings. The van der Waals surface area contributed by atoms with Gasteiger partial charge in [-0.2, -0.15) is 0 Å². The minimum absolute atomic E-state index is 0.369. The Hall–Kier alpha value is -1.51. The van der Waals surface area contributed by atoms with E-state index in [4.69, 9.17) is 0 Å². The molecule has 0 amide bonds. The van der Waals surface area contributed by atoms with Crippen LogP contribution in [0.5, 0.6) is 0 Å². The maximum Gasteiger partial charge on any atom is 0.337 e. The highest BCUT2D eigenvalue weighted by Crippen LogP contribution is 2.35. The van der Waals surface area contributed by atoms with Crippen LogP contribution in [-0.2, 0) is 0 Å². The van der Waals surface area contributed by atoms with E-state index in [1.807, 2.05) is 12.1 Å². The van der Waals surface area contributed by atoms with Crippen molar-refractivity contribution in [3.63, 3.8) is 0 Å². The minimum Gasteiger partial charge on any atom is -0.478 e. The van der Waals surface area contributed by atoms with Crippen LogP contribution in [0.2, 0.25) is 0 Å². The average Bonchev–Trinajstić information content (AvgIpc) is 2.38. The minimum atomic E-state index is -0.863. The highest BCUT2D eigenvalue weighted by atomic mass is 16.4. The van der Waals surface area contributed by atoms with Gasteiger partial charge in [0.25, 0.3) is 0 Å². The monoisotopic (exact) mass is 275 g/mol. The summed E-state index contributed by atoms with van der Waals surface area (Å²) >= 11 is 0. The van der Waals surface area contributed by atoms with Gasteiger partial charge in [0.1, 0.15) is 0 Å². The van der Waals surface area contributed by atoms with Crippen molar-refractivity contribution >= 4 is 11.7 Å². The number of anilines is 1. The fraction of sp³-hybridized carbons (Fsp3) is 0.588. The zero-order chi connectivity index (χ0) is 14.7. The molecule has 3 unspecified atom stereocenters. The molecule has 0 saturated heterocycles. The molecular weight excluding hydrogens is 250 g/mol. The number of carboxylic acids is 1. The number of aromatic carboxylic acids is 1. The molecule has 20 heavy (non-hydrogen) atoms. The zero-order valence-electron chi connectivity index (χ0n) is 12.6. The lowest BCUT2D eigenvalue weighted by atomic mass is 9.74. The van der Waals surface area contributed by atoms with Gasteiger partial charge in [0.05, 0.1) is 5.56 Å². The normalized spacial score (nSPS) is 26.5. The lowest BCUT2D eigenvalue weighted by Crippen LogP contribution is -2.38. The van der Waals surface area contributed by atoms with Crippen molar-refractivity contribution < 1.29 is 9.90 Å². The van der Waals surface area contributed by atoms with Crippen LogP contribution in [0, 0.1) is 17.8 Å². The molecule has 1 aliphatic carbocycles.